The lowest BCUT2D eigenvalue weighted by Crippen LogP contribution is -2.28. The van der Waals surface area contributed by atoms with Crippen molar-refractivity contribution in [3.05, 3.63) is 29.0 Å². The molecular formula is C13H16N4O3. The summed E-state index contributed by atoms with van der Waals surface area (Å²) in [5.41, 5.74) is 2.63. The van der Waals surface area contributed by atoms with E-state index in [2.05, 4.69) is 20.8 Å². The molecule has 0 spiro atoms. The molecule has 2 N–H and O–H groups in total. The normalized spacial score (nSPS) is 14.3. The molecular weight excluding hydrogens is 260 g/mol. The standard InChI is InChI=1S/C13H16N4O3/c1-7-8(2)20-13(15-7)16-12(18)14-5-10-6-19-17-11(10)9-3-4-9/h6,9H,3-5H2,1-2H3,(H2,14,15,16,18). The van der Waals surface area contributed by atoms with E-state index in [0.29, 0.717) is 18.2 Å². The molecule has 0 unspecified atom stereocenters. The average Bonchev–Trinajstić information content (AvgIpc) is 3.06. The smallest absolute Gasteiger partial charge is 0.323 e. The number of carbonyl (C=O) groups excluding carboxylic acids is 1. The molecule has 2 amide bonds. The Balaban J connectivity index is 1.55. The molecule has 2 aromatic rings. The predicted molar refractivity (Wildman–Crippen MR) is 70.3 cm³/mol. The molecule has 106 valence electrons. The highest BCUT2D eigenvalue weighted by atomic mass is 16.5. The number of urea groups is 1. The lowest BCUT2D eigenvalue weighted by molar-refractivity contribution is 0.251. The van der Waals surface area contributed by atoms with Crippen LogP contribution in [0.2, 0.25) is 0 Å². The topological polar surface area (TPSA) is 93.2 Å². The fourth-order valence-electron chi connectivity index (χ4n) is 1.93. The van der Waals surface area contributed by atoms with Crippen LogP contribution < -0.4 is 10.6 Å². The minimum Gasteiger partial charge on any atom is -0.428 e. The van der Waals surface area contributed by atoms with Crippen molar-refractivity contribution in [2.75, 3.05) is 5.32 Å². The summed E-state index contributed by atoms with van der Waals surface area (Å²) in [7, 11) is 0. The second-order valence-electron chi connectivity index (χ2n) is 4.97. The van der Waals surface area contributed by atoms with Gasteiger partial charge in [0.05, 0.1) is 11.4 Å². The highest BCUT2D eigenvalue weighted by Gasteiger charge is 2.29. The Labute approximate surface area is 115 Å². The van der Waals surface area contributed by atoms with Crippen LogP contribution >= 0.6 is 0 Å². The van der Waals surface area contributed by atoms with Crippen molar-refractivity contribution in [3.8, 4) is 0 Å². The first-order valence-corrected chi connectivity index (χ1v) is 6.55. The van der Waals surface area contributed by atoms with Gasteiger partial charge in [-0.3, -0.25) is 5.32 Å². The third kappa shape index (κ3) is 2.66. The number of rotatable bonds is 4. The predicted octanol–water partition coefficient (Wildman–Crippen LogP) is 2.48. The minimum absolute atomic E-state index is 0.199. The van der Waals surface area contributed by atoms with Crippen LogP contribution in [0, 0.1) is 13.8 Å². The SMILES string of the molecule is Cc1nc(NC(=O)NCc2conc2C2CC2)oc1C. The zero-order valence-electron chi connectivity index (χ0n) is 11.4. The van der Waals surface area contributed by atoms with E-state index in [0.717, 1.165) is 29.8 Å². The summed E-state index contributed by atoms with van der Waals surface area (Å²) < 4.78 is 10.2. The van der Waals surface area contributed by atoms with Crippen LogP contribution in [0.5, 0.6) is 0 Å². The third-order valence-corrected chi connectivity index (χ3v) is 3.33. The quantitative estimate of drug-likeness (QED) is 0.894. The first-order chi connectivity index (χ1) is 9.63. The molecule has 0 radical (unpaired) electrons. The molecule has 20 heavy (non-hydrogen) atoms. The van der Waals surface area contributed by atoms with Gasteiger partial charge in [-0.1, -0.05) is 5.16 Å². The fraction of sp³-hybridized carbons (Fsp3) is 0.462. The lowest BCUT2D eigenvalue weighted by atomic mass is 10.2. The highest BCUT2D eigenvalue weighted by molar-refractivity contribution is 5.86. The third-order valence-electron chi connectivity index (χ3n) is 3.33. The van der Waals surface area contributed by atoms with E-state index in [9.17, 15) is 4.79 Å². The minimum atomic E-state index is -0.366. The molecule has 1 aliphatic carbocycles. The Morgan fingerprint density at radius 2 is 2.25 bits per heavy atom. The fourth-order valence-corrected chi connectivity index (χ4v) is 1.93. The van der Waals surface area contributed by atoms with Crippen molar-refractivity contribution < 1.29 is 13.7 Å². The largest absolute Gasteiger partial charge is 0.428 e. The molecule has 1 fully saturated rings. The van der Waals surface area contributed by atoms with Crippen LogP contribution in [0.4, 0.5) is 10.8 Å². The Bertz CT molecular complexity index is 608. The van der Waals surface area contributed by atoms with Gasteiger partial charge in [0, 0.05) is 18.0 Å². The second kappa shape index (κ2) is 4.99. The van der Waals surface area contributed by atoms with E-state index >= 15 is 0 Å². The van der Waals surface area contributed by atoms with E-state index in [4.69, 9.17) is 8.94 Å². The van der Waals surface area contributed by atoms with Crippen LogP contribution in [-0.2, 0) is 6.54 Å². The Morgan fingerprint density at radius 1 is 1.45 bits per heavy atom. The second-order valence-corrected chi connectivity index (χ2v) is 4.97. The summed E-state index contributed by atoms with van der Waals surface area (Å²) in [5.74, 6) is 1.18. The maximum atomic E-state index is 11.8. The number of aromatic nitrogens is 2. The van der Waals surface area contributed by atoms with Crippen molar-refractivity contribution in [1.82, 2.24) is 15.5 Å². The number of aryl methyl sites for hydroxylation is 2. The average molecular weight is 276 g/mol. The summed E-state index contributed by atoms with van der Waals surface area (Å²) in [6.07, 6.45) is 3.86. The summed E-state index contributed by atoms with van der Waals surface area (Å²) in [6, 6.07) is -0.167. The van der Waals surface area contributed by atoms with Gasteiger partial charge >= 0.3 is 12.0 Å². The molecule has 3 rings (SSSR count). The van der Waals surface area contributed by atoms with Crippen molar-refractivity contribution in [2.45, 2.75) is 39.2 Å². The van der Waals surface area contributed by atoms with Crippen molar-refractivity contribution in [3.63, 3.8) is 0 Å². The van der Waals surface area contributed by atoms with Gasteiger partial charge in [0.2, 0.25) is 0 Å². The Kier molecular flexibility index (Phi) is 3.17. The van der Waals surface area contributed by atoms with Gasteiger partial charge in [-0.05, 0) is 26.7 Å². The first kappa shape index (κ1) is 12.7. The molecule has 1 aliphatic rings. The number of carbonyl (C=O) groups is 1. The number of anilines is 1. The molecule has 0 aliphatic heterocycles. The molecule has 0 saturated heterocycles. The van der Waals surface area contributed by atoms with E-state index in [1.807, 2.05) is 6.92 Å². The number of hydrogen-bond donors (Lipinski definition) is 2. The summed E-state index contributed by atoms with van der Waals surface area (Å²) >= 11 is 0. The zero-order valence-corrected chi connectivity index (χ0v) is 11.4. The van der Waals surface area contributed by atoms with Gasteiger partial charge < -0.3 is 14.3 Å². The molecule has 0 bridgehead atoms. The maximum Gasteiger partial charge on any atom is 0.323 e. The maximum absolute atomic E-state index is 11.8. The van der Waals surface area contributed by atoms with E-state index < -0.39 is 0 Å². The monoisotopic (exact) mass is 276 g/mol. The van der Waals surface area contributed by atoms with Crippen LogP contribution in [0.25, 0.3) is 0 Å². The van der Waals surface area contributed by atoms with Crippen LogP contribution in [-0.4, -0.2) is 16.2 Å². The van der Waals surface area contributed by atoms with Crippen LogP contribution in [0.15, 0.2) is 15.2 Å². The Hall–Kier alpha value is -2.31. The van der Waals surface area contributed by atoms with Crippen molar-refractivity contribution >= 4 is 12.0 Å². The number of nitrogens with zero attached hydrogens (tertiary/aromatic N) is 2. The van der Waals surface area contributed by atoms with Gasteiger partial charge in [-0.15, -0.1) is 0 Å². The van der Waals surface area contributed by atoms with Crippen molar-refractivity contribution in [1.29, 1.82) is 0 Å². The first-order valence-electron chi connectivity index (χ1n) is 6.55. The lowest BCUT2D eigenvalue weighted by Gasteiger charge is -2.04. The van der Waals surface area contributed by atoms with E-state index in [1.54, 1.807) is 13.2 Å². The number of amides is 2. The summed E-state index contributed by atoms with van der Waals surface area (Å²) in [4.78, 5) is 15.8. The molecule has 0 aromatic carbocycles. The number of hydrogen-bond acceptors (Lipinski definition) is 5. The summed E-state index contributed by atoms with van der Waals surface area (Å²) in [5, 5.41) is 9.26. The van der Waals surface area contributed by atoms with Crippen LogP contribution in [0.1, 0.15) is 41.5 Å². The molecule has 0 atom stereocenters. The number of nitrogens with one attached hydrogen (secondary N) is 2. The van der Waals surface area contributed by atoms with Crippen molar-refractivity contribution in [2.24, 2.45) is 0 Å². The molecule has 2 heterocycles. The molecule has 2 aromatic heterocycles. The van der Waals surface area contributed by atoms with E-state index in [1.165, 1.54) is 0 Å². The van der Waals surface area contributed by atoms with Gasteiger partial charge in [-0.25, -0.2) is 4.79 Å². The molecule has 7 heteroatoms. The Morgan fingerprint density at radius 3 is 2.90 bits per heavy atom. The van der Waals surface area contributed by atoms with Gasteiger partial charge in [-0.2, -0.15) is 4.98 Å². The van der Waals surface area contributed by atoms with Gasteiger partial charge in [0.1, 0.15) is 12.0 Å². The highest BCUT2D eigenvalue weighted by Crippen LogP contribution is 2.40. The van der Waals surface area contributed by atoms with Gasteiger partial charge in [0.25, 0.3) is 0 Å². The van der Waals surface area contributed by atoms with Crippen LogP contribution in [0.3, 0.4) is 0 Å². The number of oxazole rings is 1. The van der Waals surface area contributed by atoms with E-state index in [-0.39, 0.29) is 12.0 Å². The zero-order chi connectivity index (χ0) is 14.1. The molecule has 1 saturated carbocycles. The summed E-state index contributed by atoms with van der Waals surface area (Å²) in [6.45, 7) is 3.99. The van der Waals surface area contributed by atoms with Gasteiger partial charge in [0.15, 0.2) is 0 Å². The molecule has 7 nitrogen and oxygen atoms in total.